The number of hydrogen-bond acceptors (Lipinski definition) is 5. The lowest BCUT2D eigenvalue weighted by molar-refractivity contribution is 0.180. The topological polar surface area (TPSA) is 102 Å². The maximum Gasteiger partial charge on any atom is 0.262 e. The molecule has 1 atom stereocenters. The van der Waals surface area contributed by atoms with Crippen LogP contribution >= 0.6 is 0 Å². The van der Waals surface area contributed by atoms with Crippen molar-refractivity contribution in [3.63, 3.8) is 0 Å². The molecule has 0 spiro atoms. The summed E-state index contributed by atoms with van der Waals surface area (Å²) in [5.41, 5.74) is 2.57. The van der Waals surface area contributed by atoms with E-state index in [0.717, 1.165) is 5.56 Å². The molecular weight excluding hydrogens is 400 g/mol. The molecule has 2 rings (SSSR count). The van der Waals surface area contributed by atoms with Crippen molar-refractivity contribution in [1.82, 2.24) is 4.72 Å². The highest BCUT2D eigenvalue weighted by Crippen LogP contribution is 2.25. The molecule has 1 unspecified atom stereocenters. The van der Waals surface area contributed by atoms with Crippen LogP contribution in [0.15, 0.2) is 46.2 Å². The number of anilines is 1. The first kappa shape index (κ1) is 22.4. The Morgan fingerprint density at radius 1 is 0.929 bits per heavy atom. The Balaban J connectivity index is 2.25. The first-order valence-electron chi connectivity index (χ1n) is 8.68. The van der Waals surface area contributed by atoms with E-state index in [1.807, 2.05) is 19.1 Å². The van der Waals surface area contributed by atoms with Gasteiger partial charge in [-0.3, -0.25) is 4.72 Å². The highest BCUT2D eigenvalue weighted by molar-refractivity contribution is 7.92. The third-order valence-electron chi connectivity index (χ3n) is 4.06. The van der Waals surface area contributed by atoms with Crippen LogP contribution in [0.25, 0.3) is 0 Å². The molecule has 0 aliphatic rings. The summed E-state index contributed by atoms with van der Waals surface area (Å²) in [5.74, 6) is 0. The molecule has 9 heteroatoms. The summed E-state index contributed by atoms with van der Waals surface area (Å²) < 4.78 is 60.2. The summed E-state index contributed by atoms with van der Waals surface area (Å²) in [6.07, 6.45) is 0. The Morgan fingerprint density at radius 2 is 1.46 bits per heavy atom. The SMILES string of the molecule is COCC(C)NS(=O)(=O)c1ccc(NS(=O)(=O)c2c(C)cc(C)cc2C)cc1. The van der Waals surface area contributed by atoms with Crippen molar-refractivity contribution in [2.24, 2.45) is 0 Å². The van der Waals surface area contributed by atoms with Gasteiger partial charge in [-0.15, -0.1) is 0 Å². The van der Waals surface area contributed by atoms with Crippen LogP contribution in [0.2, 0.25) is 0 Å². The summed E-state index contributed by atoms with van der Waals surface area (Å²) in [5, 5.41) is 0. The summed E-state index contributed by atoms with van der Waals surface area (Å²) in [4.78, 5) is 0.269. The van der Waals surface area contributed by atoms with Crippen LogP contribution in [0, 0.1) is 20.8 Å². The van der Waals surface area contributed by atoms with Crippen LogP contribution in [0.4, 0.5) is 5.69 Å². The number of sulfonamides is 2. The van der Waals surface area contributed by atoms with Gasteiger partial charge in [0.2, 0.25) is 10.0 Å². The van der Waals surface area contributed by atoms with E-state index in [9.17, 15) is 16.8 Å². The zero-order valence-corrected chi connectivity index (χ0v) is 18.2. The molecule has 0 aliphatic carbocycles. The average Bonchev–Trinajstić information content (AvgIpc) is 2.53. The molecule has 0 amide bonds. The van der Waals surface area contributed by atoms with Crippen molar-refractivity contribution in [2.75, 3.05) is 18.4 Å². The van der Waals surface area contributed by atoms with Gasteiger partial charge in [0.25, 0.3) is 10.0 Å². The van der Waals surface area contributed by atoms with Crippen LogP contribution in [0.1, 0.15) is 23.6 Å². The number of aryl methyl sites for hydroxylation is 3. The van der Waals surface area contributed by atoms with Gasteiger partial charge in [0.05, 0.1) is 16.4 Å². The van der Waals surface area contributed by atoms with Gasteiger partial charge < -0.3 is 4.74 Å². The van der Waals surface area contributed by atoms with Crippen molar-refractivity contribution in [1.29, 1.82) is 0 Å². The Hall–Kier alpha value is -1.94. The second-order valence-electron chi connectivity index (χ2n) is 6.84. The predicted octanol–water partition coefficient (Wildman–Crippen LogP) is 2.73. The third kappa shape index (κ3) is 5.32. The third-order valence-corrected chi connectivity index (χ3v) is 7.35. The van der Waals surface area contributed by atoms with Gasteiger partial charge in [-0.05, 0) is 63.1 Å². The average molecular weight is 427 g/mol. The monoisotopic (exact) mass is 426 g/mol. The van der Waals surface area contributed by atoms with Gasteiger partial charge in [-0.2, -0.15) is 0 Å². The largest absolute Gasteiger partial charge is 0.383 e. The van der Waals surface area contributed by atoms with E-state index in [4.69, 9.17) is 4.74 Å². The lowest BCUT2D eigenvalue weighted by atomic mass is 10.1. The minimum absolute atomic E-state index is 0.0427. The van der Waals surface area contributed by atoms with E-state index < -0.39 is 20.0 Å². The molecule has 2 aromatic carbocycles. The highest BCUT2D eigenvalue weighted by atomic mass is 32.2. The molecule has 2 aromatic rings. The summed E-state index contributed by atoms with van der Waals surface area (Å²) in [6.45, 7) is 7.33. The molecule has 0 saturated heterocycles. The summed E-state index contributed by atoms with van der Waals surface area (Å²) in [6, 6.07) is 8.79. The van der Waals surface area contributed by atoms with Gasteiger partial charge in [0.15, 0.2) is 0 Å². The molecule has 0 radical (unpaired) electrons. The molecular formula is C19H26N2O5S2. The van der Waals surface area contributed by atoms with Crippen molar-refractivity contribution in [3.8, 4) is 0 Å². The molecule has 2 N–H and O–H groups in total. The van der Waals surface area contributed by atoms with Crippen LogP contribution < -0.4 is 9.44 Å². The lowest BCUT2D eigenvalue weighted by Crippen LogP contribution is -2.35. The normalized spacial score (nSPS) is 13.3. The first-order chi connectivity index (χ1) is 13.0. The molecule has 0 saturated carbocycles. The summed E-state index contributed by atoms with van der Waals surface area (Å²) >= 11 is 0. The second kappa shape index (κ2) is 8.60. The Morgan fingerprint density at radius 3 is 1.96 bits per heavy atom. The van der Waals surface area contributed by atoms with Crippen molar-refractivity contribution >= 4 is 25.7 Å². The van der Waals surface area contributed by atoms with Gasteiger partial charge >= 0.3 is 0 Å². The molecule has 154 valence electrons. The minimum atomic E-state index is -3.80. The molecule has 0 aliphatic heterocycles. The maximum absolute atomic E-state index is 12.8. The number of ether oxygens (including phenoxy) is 1. The van der Waals surface area contributed by atoms with E-state index >= 15 is 0 Å². The molecule has 0 fully saturated rings. The van der Waals surface area contributed by atoms with Gasteiger partial charge in [0, 0.05) is 18.8 Å². The quantitative estimate of drug-likeness (QED) is 0.676. The fourth-order valence-corrected chi connectivity index (χ4v) is 5.86. The maximum atomic E-state index is 12.8. The molecule has 7 nitrogen and oxygen atoms in total. The Kier molecular flexibility index (Phi) is 6.87. The minimum Gasteiger partial charge on any atom is -0.383 e. The second-order valence-corrected chi connectivity index (χ2v) is 10.2. The number of nitrogens with one attached hydrogen (secondary N) is 2. The predicted molar refractivity (Wildman–Crippen MR) is 110 cm³/mol. The lowest BCUT2D eigenvalue weighted by Gasteiger charge is -2.15. The zero-order chi connectivity index (χ0) is 21.1. The fourth-order valence-electron chi connectivity index (χ4n) is 3.12. The van der Waals surface area contributed by atoms with E-state index in [1.165, 1.54) is 31.4 Å². The zero-order valence-electron chi connectivity index (χ0n) is 16.6. The number of rotatable bonds is 8. The van der Waals surface area contributed by atoms with E-state index in [-0.39, 0.29) is 28.1 Å². The molecule has 0 bridgehead atoms. The van der Waals surface area contributed by atoms with Crippen molar-refractivity contribution in [3.05, 3.63) is 53.1 Å². The molecule has 0 aromatic heterocycles. The summed E-state index contributed by atoms with van der Waals surface area (Å²) in [7, 11) is -6.03. The van der Waals surface area contributed by atoms with E-state index in [2.05, 4.69) is 9.44 Å². The van der Waals surface area contributed by atoms with Crippen molar-refractivity contribution < 1.29 is 21.6 Å². The van der Waals surface area contributed by atoms with Crippen LogP contribution in [-0.4, -0.2) is 36.6 Å². The molecule has 28 heavy (non-hydrogen) atoms. The van der Waals surface area contributed by atoms with Gasteiger partial charge in [-0.1, -0.05) is 17.7 Å². The van der Waals surface area contributed by atoms with Crippen LogP contribution in [-0.2, 0) is 24.8 Å². The fraction of sp³-hybridized carbons (Fsp3) is 0.368. The van der Waals surface area contributed by atoms with Gasteiger partial charge in [-0.25, -0.2) is 21.6 Å². The number of benzene rings is 2. The molecule has 0 heterocycles. The van der Waals surface area contributed by atoms with E-state index in [1.54, 1.807) is 20.8 Å². The first-order valence-corrected chi connectivity index (χ1v) is 11.6. The Labute approximate surface area is 167 Å². The number of hydrogen-bond donors (Lipinski definition) is 2. The van der Waals surface area contributed by atoms with Crippen LogP contribution in [0.5, 0.6) is 0 Å². The Bertz CT molecular complexity index is 1020. The van der Waals surface area contributed by atoms with Crippen LogP contribution in [0.3, 0.4) is 0 Å². The van der Waals surface area contributed by atoms with Gasteiger partial charge in [0.1, 0.15) is 0 Å². The standard InChI is InChI=1S/C19H26N2O5S2/c1-13-10-14(2)19(15(3)11-13)28(24,25)21-17-6-8-18(9-7-17)27(22,23)20-16(4)12-26-5/h6-11,16,20-21H,12H2,1-5H3. The van der Waals surface area contributed by atoms with E-state index in [0.29, 0.717) is 11.1 Å². The smallest absolute Gasteiger partial charge is 0.262 e. The number of methoxy groups -OCH3 is 1. The highest BCUT2D eigenvalue weighted by Gasteiger charge is 2.21. The van der Waals surface area contributed by atoms with Crippen molar-refractivity contribution in [2.45, 2.75) is 43.5 Å².